The van der Waals surface area contributed by atoms with Crippen molar-refractivity contribution >= 4 is 15.9 Å². The largest absolute Gasteiger partial charge is 0.324 e. The van der Waals surface area contributed by atoms with Crippen LogP contribution in [0, 0.1) is 6.92 Å². The zero-order valence-electron chi connectivity index (χ0n) is 11.4. The van der Waals surface area contributed by atoms with E-state index in [0.717, 1.165) is 28.6 Å². The fraction of sp³-hybridized carbons (Fsp3) is 0.312. The molecule has 19 heavy (non-hydrogen) atoms. The van der Waals surface area contributed by atoms with Gasteiger partial charge in [0.25, 0.3) is 0 Å². The van der Waals surface area contributed by atoms with Crippen LogP contribution in [0.3, 0.4) is 0 Å². The van der Waals surface area contributed by atoms with Crippen LogP contribution in [0.5, 0.6) is 0 Å². The van der Waals surface area contributed by atoms with Crippen molar-refractivity contribution in [3.05, 3.63) is 63.4 Å². The number of hydrogen-bond acceptors (Lipinski definition) is 2. The zero-order valence-corrected chi connectivity index (χ0v) is 12.9. The van der Waals surface area contributed by atoms with Crippen LogP contribution in [0.2, 0.25) is 0 Å². The minimum atomic E-state index is -0.0331. The summed E-state index contributed by atoms with van der Waals surface area (Å²) >= 11 is 3.57. The van der Waals surface area contributed by atoms with Crippen LogP contribution < -0.4 is 5.73 Å². The number of hydrogen-bond donors (Lipinski definition) is 1. The third-order valence-electron chi connectivity index (χ3n) is 3.27. The molecule has 1 aromatic heterocycles. The van der Waals surface area contributed by atoms with Gasteiger partial charge in [0.05, 0.1) is 0 Å². The summed E-state index contributed by atoms with van der Waals surface area (Å²) < 4.78 is 1.07. The van der Waals surface area contributed by atoms with Gasteiger partial charge < -0.3 is 5.73 Å². The van der Waals surface area contributed by atoms with Crippen molar-refractivity contribution < 1.29 is 0 Å². The lowest BCUT2D eigenvalue weighted by atomic mass is 10.0. The summed E-state index contributed by atoms with van der Waals surface area (Å²) in [6.07, 6.45) is 3.71. The molecular formula is C16H19BrN2. The fourth-order valence-corrected chi connectivity index (χ4v) is 2.61. The van der Waals surface area contributed by atoms with Gasteiger partial charge in [0.1, 0.15) is 0 Å². The highest BCUT2D eigenvalue weighted by molar-refractivity contribution is 9.10. The molecule has 0 spiro atoms. The van der Waals surface area contributed by atoms with E-state index in [1.807, 2.05) is 6.20 Å². The Kier molecular flexibility index (Phi) is 4.72. The van der Waals surface area contributed by atoms with Crippen molar-refractivity contribution in [3.63, 3.8) is 0 Å². The van der Waals surface area contributed by atoms with Gasteiger partial charge >= 0.3 is 0 Å². The third kappa shape index (κ3) is 3.64. The molecule has 0 aliphatic carbocycles. The molecule has 100 valence electrons. The van der Waals surface area contributed by atoms with E-state index in [9.17, 15) is 0 Å². The molecule has 2 aromatic rings. The second kappa shape index (κ2) is 6.31. The van der Waals surface area contributed by atoms with Gasteiger partial charge in [0.2, 0.25) is 0 Å². The number of rotatable bonds is 4. The highest BCUT2D eigenvalue weighted by Crippen LogP contribution is 2.25. The summed E-state index contributed by atoms with van der Waals surface area (Å²) in [4.78, 5) is 4.47. The number of aromatic nitrogens is 1. The normalized spacial score (nSPS) is 12.4. The molecule has 2 N–H and O–H groups in total. The molecule has 1 unspecified atom stereocenters. The first-order valence-electron chi connectivity index (χ1n) is 6.55. The quantitative estimate of drug-likeness (QED) is 0.926. The van der Waals surface area contributed by atoms with Crippen molar-refractivity contribution in [1.29, 1.82) is 0 Å². The van der Waals surface area contributed by atoms with E-state index in [1.54, 1.807) is 0 Å². The van der Waals surface area contributed by atoms with Gasteiger partial charge in [0, 0.05) is 28.8 Å². The first-order valence-corrected chi connectivity index (χ1v) is 7.35. The summed E-state index contributed by atoms with van der Waals surface area (Å²) in [5.74, 6) is 0. The molecule has 0 bridgehead atoms. The molecule has 3 heteroatoms. The molecule has 1 atom stereocenters. The maximum atomic E-state index is 6.30. The lowest BCUT2D eigenvalue weighted by molar-refractivity contribution is 0.702. The van der Waals surface area contributed by atoms with E-state index in [2.05, 4.69) is 65.1 Å². The minimum Gasteiger partial charge on any atom is -0.324 e. The van der Waals surface area contributed by atoms with Crippen LogP contribution in [0.1, 0.15) is 35.3 Å². The summed E-state index contributed by atoms with van der Waals surface area (Å²) in [5.41, 5.74) is 11.0. The molecule has 0 fully saturated rings. The van der Waals surface area contributed by atoms with Gasteiger partial charge in [0.15, 0.2) is 0 Å². The van der Waals surface area contributed by atoms with E-state index >= 15 is 0 Å². The van der Waals surface area contributed by atoms with E-state index in [4.69, 9.17) is 5.73 Å². The molecule has 0 amide bonds. The molecule has 2 rings (SSSR count). The Morgan fingerprint density at radius 2 is 2.05 bits per heavy atom. The Balaban J connectivity index is 2.15. The van der Waals surface area contributed by atoms with Crippen LogP contribution in [0.4, 0.5) is 0 Å². The van der Waals surface area contributed by atoms with E-state index in [-0.39, 0.29) is 6.04 Å². The average Bonchev–Trinajstić information content (AvgIpc) is 2.42. The summed E-state index contributed by atoms with van der Waals surface area (Å²) in [5, 5.41) is 0. The molecule has 0 saturated carbocycles. The number of pyridine rings is 1. The molecular weight excluding hydrogens is 300 g/mol. The van der Waals surface area contributed by atoms with Crippen molar-refractivity contribution in [2.24, 2.45) is 5.73 Å². The number of aryl methyl sites for hydroxylation is 2. The van der Waals surface area contributed by atoms with Crippen LogP contribution >= 0.6 is 15.9 Å². The SMILES string of the molecule is CCc1ccc(CC(N)c2cc(C)ccc2Br)nc1. The van der Waals surface area contributed by atoms with E-state index in [0.29, 0.717) is 0 Å². The Hall–Kier alpha value is -1.19. The molecule has 0 aliphatic rings. The Bertz CT molecular complexity index is 549. The van der Waals surface area contributed by atoms with Gasteiger partial charge in [-0.3, -0.25) is 4.98 Å². The Labute approximate surface area is 123 Å². The van der Waals surface area contributed by atoms with Crippen molar-refractivity contribution in [1.82, 2.24) is 4.98 Å². The highest BCUT2D eigenvalue weighted by atomic mass is 79.9. The third-order valence-corrected chi connectivity index (χ3v) is 4.00. The molecule has 1 heterocycles. The molecule has 2 nitrogen and oxygen atoms in total. The van der Waals surface area contributed by atoms with Crippen LogP contribution in [0.25, 0.3) is 0 Å². The standard InChI is InChI=1S/C16H19BrN2/c1-3-12-5-6-13(19-10-12)9-16(18)14-8-11(2)4-7-15(14)17/h4-8,10,16H,3,9,18H2,1-2H3. The average molecular weight is 319 g/mol. The molecule has 1 aromatic carbocycles. The lowest BCUT2D eigenvalue weighted by Gasteiger charge is -2.14. The molecule has 0 aliphatic heterocycles. The maximum absolute atomic E-state index is 6.30. The van der Waals surface area contributed by atoms with Crippen molar-refractivity contribution in [2.75, 3.05) is 0 Å². The molecule has 0 radical (unpaired) electrons. The monoisotopic (exact) mass is 318 g/mol. The molecule has 0 saturated heterocycles. The Morgan fingerprint density at radius 3 is 2.68 bits per heavy atom. The number of halogens is 1. The van der Waals surface area contributed by atoms with Gasteiger partial charge in [-0.2, -0.15) is 0 Å². The smallest absolute Gasteiger partial charge is 0.0422 e. The number of nitrogens with zero attached hydrogens (tertiary/aromatic N) is 1. The van der Waals surface area contributed by atoms with Crippen molar-refractivity contribution in [2.45, 2.75) is 32.7 Å². The summed E-state index contributed by atoms with van der Waals surface area (Å²) in [6.45, 7) is 4.21. The first kappa shape index (κ1) is 14.2. The van der Waals surface area contributed by atoms with E-state index < -0.39 is 0 Å². The Morgan fingerprint density at radius 1 is 1.26 bits per heavy atom. The van der Waals surface area contributed by atoms with Gasteiger partial charge in [-0.15, -0.1) is 0 Å². The predicted molar refractivity (Wildman–Crippen MR) is 83.1 cm³/mol. The van der Waals surface area contributed by atoms with Gasteiger partial charge in [-0.25, -0.2) is 0 Å². The van der Waals surface area contributed by atoms with Gasteiger partial charge in [-0.1, -0.05) is 46.6 Å². The number of benzene rings is 1. The topological polar surface area (TPSA) is 38.9 Å². The van der Waals surface area contributed by atoms with Crippen molar-refractivity contribution in [3.8, 4) is 0 Å². The first-order chi connectivity index (χ1) is 9.10. The lowest BCUT2D eigenvalue weighted by Crippen LogP contribution is -2.15. The van der Waals surface area contributed by atoms with Crippen LogP contribution in [-0.2, 0) is 12.8 Å². The summed E-state index contributed by atoms with van der Waals surface area (Å²) in [7, 11) is 0. The zero-order chi connectivity index (χ0) is 13.8. The van der Waals surface area contributed by atoms with Crippen LogP contribution in [-0.4, -0.2) is 4.98 Å². The maximum Gasteiger partial charge on any atom is 0.0422 e. The van der Waals surface area contributed by atoms with Crippen LogP contribution in [0.15, 0.2) is 41.0 Å². The second-order valence-corrected chi connectivity index (χ2v) is 5.70. The minimum absolute atomic E-state index is 0.0331. The number of nitrogens with two attached hydrogens (primary N) is 1. The second-order valence-electron chi connectivity index (χ2n) is 4.85. The highest BCUT2D eigenvalue weighted by Gasteiger charge is 2.11. The predicted octanol–water partition coefficient (Wildman–Crippen LogP) is 3.96. The van der Waals surface area contributed by atoms with E-state index in [1.165, 1.54) is 11.1 Å². The van der Waals surface area contributed by atoms with Gasteiger partial charge in [-0.05, 0) is 36.6 Å². The summed E-state index contributed by atoms with van der Waals surface area (Å²) in [6, 6.07) is 10.4. The fourth-order valence-electron chi connectivity index (χ4n) is 2.07.